The Morgan fingerprint density at radius 1 is 1.44 bits per heavy atom. The van der Waals surface area contributed by atoms with Gasteiger partial charge in [0.05, 0.1) is 6.61 Å². The predicted octanol–water partition coefficient (Wildman–Crippen LogP) is 1.40. The lowest BCUT2D eigenvalue weighted by Crippen LogP contribution is -2.54. The van der Waals surface area contributed by atoms with Crippen LogP contribution < -0.4 is 5.73 Å². The third-order valence-electron chi connectivity index (χ3n) is 4.41. The van der Waals surface area contributed by atoms with Crippen LogP contribution in [-0.2, 0) is 4.74 Å². The van der Waals surface area contributed by atoms with Crippen LogP contribution in [0.15, 0.2) is 5.16 Å². The van der Waals surface area contributed by atoms with E-state index in [1.54, 1.807) is 0 Å². The first-order valence-electron chi connectivity index (χ1n) is 7.09. The van der Waals surface area contributed by atoms with Gasteiger partial charge in [-0.3, -0.25) is 4.90 Å². The van der Waals surface area contributed by atoms with E-state index in [4.69, 9.17) is 15.7 Å². The summed E-state index contributed by atoms with van der Waals surface area (Å²) in [4.78, 5) is 2.49. The number of nitrogens with zero attached hydrogens (tertiary/aromatic N) is 2. The van der Waals surface area contributed by atoms with Crippen molar-refractivity contribution in [2.45, 2.75) is 51.2 Å². The summed E-state index contributed by atoms with van der Waals surface area (Å²) in [5.74, 6) is 0.994. The number of amidine groups is 1. The Balaban J connectivity index is 1.98. The van der Waals surface area contributed by atoms with Gasteiger partial charge in [-0.2, -0.15) is 0 Å². The van der Waals surface area contributed by atoms with Crippen LogP contribution in [0.3, 0.4) is 0 Å². The van der Waals surface area contributed by atoms with E-state index < -0.39 is 0 Å². The minimum Gasteiger partial charge on any atom is -0.409 e. The maximum Gasteiger partial charge on any atom is 0.169 e. The first-order valence-corrected chi connectivity index (χ1v) is 7.09. The fourth-order valence-corrected chi connectivity index (χ4v) is 3.36. The van der Waals surface area contributed by atoms with Crippen molar-refractivity contribution in [3.05, 3.63) is 0 Å². The molecule has 2 rings (SSSR count). The van der Waals surface area contributed by atoms with E-state index in [9.17, 15) is 0 Å². The van der Waals surface area contributed by atoms with Gasteiger partial charge >= 0.3 is 0 Å². The van der Waals surface area contributed by atoms with Gasteiger partial charge in [0, 0.05) is 19.1 Å². The molecule has 0 aromatic heterocycles. The van der Waals surface area contributed by atoms with E-state index >= 15 is 0 Å². The van der Waals surface area contributed by atoms with Gasteiger partial charge in [0.1, 0.15) is 6.10 Å². The topological polar surface area (TPSA) is 71.1 Å². The highest BCUT2D eigenvalue weighted by molar-refractivity contribution is 5.84. The molecule has 1 heterocycles. The van der Waals surface area contributed by atoms with Gasteiger partial charge < -0.3 is 15.7 Å². The van der Waals surface area contributed by atoms with Crippen LogP contribution in [0.5, 0.6) is 0 Å². The third kappa shape index (κ3) is 2.95. The molecule has 0 bridgehead atoms. The van der Waals surface area contributed by atoms with Crippen molar-refractivity contribution < 1.29 is 9.94 Å². The summed E-state index contributed by atoms with van der Waals surface area (Å²) in [5.41, 5.74) is 5.65. The molecule has 0 radical (unpaired) electrons. The molecule has 2 aliphatic rings. The Kier molecular flexibility index (Phi) is 4.83. The molecule has 3 N–H and O–H groups in total. The number of hydrogen-bond donors (Lipinski definition) is 2. The summed E-state index contributed by atoms with van der Waals surface area (Å²) in [7, 11) is 0. The maximum absolute atomic E-state index is 8.75. The summed E-state index contributed by atoms with van der Waals surface area (Å²) in [6.45, 7) is 4.69. The second kappa shape index (κ2) is 6.38. The van der Waals surface area contributed by atoms with Gasteiger partial charge in [0.25, 0.3) is 0 Å². The van der Waals surface area contributed by atoms with Crippen molar-refractivity contribution in [3.63, 3.8) is 0 Å². The molecule has 0 aromatic rings. The Morgan fingerprint density at radius 2 is 2.22 bits per heavy atom. The lowest BCUT2D eigenvalue weighted by Gasteiger charge is -2.43. The van der Waals surface area contributed by atoms with Crippen molar-refractivity contribution in [2.24, 2.45) is 16.8 Å². The van der Waals surface area contributed by atoms with Gasteiger partial charge in [0.15, 0.2) is 5.84 Å². The molecule has 3 atom stereocenters. The molecule has 1 saturated carbocycles. The monoisotopic (exact) mass is 255 g/mol. The molecular weight excluding hydrogens is 230 g/mol. The van der Waals surface area contributed by atoms with Crippen LogP contribution >= 0.6 is 0 Å². The highest BCUT2D eigenvalue weighted by Crippen LogP contribution is 2.31. The van der Waals surface area contributed by atoms with E-state index in [2.05, 4.69) is 17.0 Å². The zero-order chi connectivity index (χ0) is 13.0. The van der Waals surface area contributed by atoms with Crippen molar-refractivity contribution in [3.8, 4) is 0 Å². The summed E-state index contributed by atoms with van der Waals surface area (Å²) >= 11 is 0. The number of hydrogen-bond acceptors (Lipinski definition) is 4. The van der Waals surface area contributed by atoms with Crippen molar-refractivity contribution in [1.29, 1.82) is 0 Å². The van der Waals surface area contributed by atoms with Crippen LogP contribution in [0.4, 0.5) is 0 Å². The number of rotatable bonds is 3. The van der Waals surface area contributed by atoms with Gasteiger partial charge in [0.2, 0.25) is 0 Å². The van der Waals surface area contributed by atoms with E-state index in [-0.39, 0.29) is 11.9 Å². The van der Waals surface area contributed by atoms with Crippen molar-refractivity contribution >= 4 is 5.84 Å². The molecule has 18 heavy (non-hydrogen) atoms. The molecule has 1 saturated heterocycles. The SMILES string of the molecule is CCC1CCCCC1N1CCOC(C(N)=NO)C1. The van der Waals surface area contributed by atoms with E-state index in [1.807, 2.05) is 0 Å². The Hall–Kier alpha value is -0.810. The molecule has 104 valence electrons. The highest BCUT2D eigenvalue weighted by Gasteiger charge is 2.33. The summed E-state index contributed by atoms with van der Waals surface area (Å²) in [6.07, 6.45) is 6.31. The normalized spacial score (nSPS) is 35.6. The van der Waals surface area contributed by atoms with Gasteiger partial charge in [-0.25, -0.2) is 0 Å². The van der Waals surface area contributed by atoms with E-state index in [1.165, 1.54) is 32.1 Å². The lowest BCUT2D eigenvalue weighted by molar-refractivity contribution is -0.0323. The molecule has 0 spiro atoms. The number of ether oxygens (including phenoxy) is 1. The average Bonchev–Trinajstić information content (AvgIpc) is 2.46. The van der Waals surface area contributed by atoms with E-state index in [0.29, 0.717) is 12.6 Å². The lowest BCUT2D eigenvalue weighted by atomic mass is 9.81. The quantitative estimate of drug-likeness (QED) is 0.346. The van der Waals surface area contributed by atoms with E-state index in [0.717, 1.165) is 19.0 Å². The predicted molar refractivity (Wildman–Crippen MR) is 70.8 cm³/mol. The summed E-state index contributed by atoms with van der Waals surface area (Å²) < 4.78 is 5.56. The summed E-state index contributed by atoms with van der Waals surface area (Å²) in [5, 5.41) is 11.8. The Bertz CT molecular complexity index is 296. The van der Waals surface area contributed by atoms with Crippen LogP contribution in [0, 0.1) is 5.92 Å². The molecular formula is C13H25N3O2. The standard InChI is InChI=1S/C13H25N3O2/c1-2-10-5-3-4-6-11(10)16-7-8-18-12(9-16)13(14)15-17/h10-12,17H,2-9H2,1H3,(H2,14,15). The van der Waals surface area contributed by atoms with Crippen molar-refractivity contribution in [2.75, 3.05) is 19.7 Å². The van der Waals surface area contributed by atoms with Gasteiger partial charge in [-0.15, -0.1) is 0 Å². The van der Waals surface area contributed by atoms with Crippen LogP contribution in [0.25, 0.3) is 0 Å². The first-order chi connectivity index (χ1) is 8.76. The van der Waals surface area contributed by atoms with Crippen molar-refractivity contribution in [1.82, 2.24) is 4.90 Å². The molecule has 5 heteroatoms. The molecule has 5 nitrogen and oxygen atoms in total. The number of morpholine rings is 1. The Morgan fingerprint density at radius 3 is 2.94 bits per heavy atom. The Labute approximate surface area is 109 Å². The first kappa shape index (κ1) is 13.6. The second-order valence-electron chi connectivity index (χ2n) is 5.40. The average molecular weight is 255 g/mol. The fourth-order valence-electron chi connectivity index (χ4n) is 3.36. The molecule has 3 unspecified atom stereocenters. The third-order valence-corrected chi connectivity index (χ3v) is 4.41. The smallest absolute Gasteiger partial charge is 0.169 e. The summed E-state index contributed by atoms with van der Waals surface area (Å²) in [6, 6.07) is 0.654. The molecule has 0 aromatic carbocycles. The minimum absolute atomic E-state index is 0.198. The minimum atomic E-state index is -0.247. The molecule has 1 aliphatic carbocycles. The number of oxime groups is 1. The van der Waals surface area contributed by atoms with Gasteiger partial charge in [-0.1, -0.05) is 31.3 Å². The van der Waals surface area contributed by atoms with Crippen LogP contribution in [0.2, 0.25) is 0 Å². The molecule has 2 fully saturated rings. The van der Waals surface area contributed by atoms with Crippen LogP contribution in [-0.4, -0.2) is 47.8 Å². The fraction of sp³-hybridized carbons (Fsp3) is 0.923. The molecule has 1 aliphatic heterocycles. The zero-order valence-corrected chi connectivity index (χ0v) is 11.2. The number of nitrogens with two attached hydrogens (primary N) is 1. The van der Waals surface area contributed by atoms with Gasteiger partial charge in [-0.05, 0) is 18.8 Å². The largest absolute Gasteiger partial charge is 0.409 e. The zero-order valence-electron chi connectivity index (χ0n) is 11.2. The van der Waals surface area contributed by atoms with Crippen LogP contribution in [0.1, 0.15) is 39.0 Å². The second-order valence-corrected chi connectivity index (χ2v) is 5.40. The highest BCUT2D eigenvalue weighted by atomic mass is 16.5. The molecule has 0 amide bonds. The maximum atomic E-state index is 8.75.